The second kappa shape index (κ2) is 8.94. The summed E-state index contributed by atoms with van der Waals surface area (Å²) in [6, 6.07) is 13.3. The van der Waals surface area contributed by atoms with Crippen LogP contribution in [0.25, 0.3) is 10.2 Å². The molecule has 0 spiro atoms. The van der Waals surface area contributed by atoms with Gasteiger partial charge in [0.25, 0.3) is 0 Å². The molecule has 2 aromatic carbocycles. The van der Waals surface area contributed by atoms with Crippen LogP contribution in [0.1, 0.15) is 12.0 Å². The van der Waals surface area contributed by atoms with Crippen molar-refractivity contribution < 1.29 is 9.59 Å². The zero-order valence-electron chi connectivity index (χ0n) is 17.8. The number of hydrogen-bond acceptors (Lipinski definition) is 5. The largest absolute Gasteiger partial charge is 0.312 e. The number of benzene rings is 2. The maximum absolute atomic E-state index is 13.6. The summed E-state index contributed by atoms with van der Waals surface area (Å²) >= 11 is 7.75. The standard InChI is InChI=1S/C23H25ClN4O2S/c1-15-18(24)9-10-19-21(15)25-23(31-19)27(12-11-26(2)3)22(30)16-13-20(29)28(14-16)17-7-5-4-6-8-17/h4-10,16H,11-14H2,1-3H3. The quantitative estimate of drug-likeness (QED) is 0.557. The molecule has 162 valence electrons. The number of carbonyl (C=O) groups excluding carboxylic acids is 2. The number of amides is 2. The maximum Gasteiger partial charge on any atom is 0.234 e. The minimum atomic E-state index is -0.397. The molecule has 8 heteroatoms. The second-order valence-corrected chi connectivity index (χ2v) is 9.47. The van der Waals surface area contributed by atoms with Crippen LogP contribution in [0.3, 0.4) is 0 Å². The topological polar surface area (TPSA) is 56.8 Å². The number of hydrogen-bond donors (Lipinski definition) is 0. The minimum Gasteiger partial charge on any atom is -0.312 e. The van der Waals surface area contributed by atoms with Gasteiger partial charge in [0.2, 0.25) is 11.8 Å². The minimum absolute atomic E-state index is 0.0240. The molecule has 4 rings (SSSR count). The highest BCUT2D eigenvalue weighted by atomic mass is 35.5. The molecular formula is C23H25ClN4O2S. The molecule has 0 aliphatic carbocycles. The van der Waals surface area contributed by atoms with Crippen molar-refractivity contribution in [1.82, 2.24) is 9.88 Å². The number of nitrogens with zero attached hydrogens (tertiary/aromatic N) is 4. The molecule has 2 amide bonds. The number of aryl methyl sites for hydroxylation is 1. The Balaban J connectivity index is 1.63. The lowest BCUT2D eigenvalue weighted by Gasteiger charge is -2.24. The molecule has 6 nitrogen and oxygen atoms in total. The fraction of sp³-hybridized carbons (Fsp3) is 0.348. The van der Waals surface area contributed by atoms with E-state index in [0.717, 1.165) is 21.5 Å². The fourth-order valence-corrected chi connectivity index (χ4v) is 4.96. The Hall–Kier alpha value is -2.48. The van der Waals surface area contributed by atoms with Gasteiger partial charge in [-0.25, -0.2) is 4.98 Å². The highest BCUT2D eigenvalue weighted by Gasteiger charge is 2.38. The smallest absolute Gasteiger partial charge is 0.234 e. The van der Waals surface area contributed by atoms with E-state index in [4.69, 9.17) is 16.6 Å². The van der Waals surface area contributed by atoms with Crippen molar-refractivity contribution in [3.8, 4) is 0 Å². The summed E-state index contributed by atoms with van der Waals surface area (Å²) in [5, 5.41) is 1.31. The van der Waals surface area contributed by atoms with Crippen LogP contribution in [-0.4, -0.2) is 55.4 Å². The summed E-state index contributed by atoms with van der Waals surface area (Å²) in [5.74, 6) is -0.480. The molecule has 1 unspecified atom stereocenters. The second-order valence-electron chi connectivity index (χ2n) is 8.05. The van der Waals surface area contributed by atoms with Crippen LogP contribution >= 0.6 is 22.9 Å². The molecule has 1 atom stereocenters. The molecule has 0 N–H and O–H groups in total. The van der Waals surface area contributed by atoms with Crippen molar-refractivity contribution in [2.75, 3.05) is 43.5 Å². The lowest BCUT2D eigenvalue weighted by Crippen LogP contribution is -2.41. The number of aromatic nitrogens is 1. The fourth-order valence-electron chi connectivity index (χ4n) is 3.76. The van der Waals surface area contributed by atoms with Gasteiger partial charge in [-0.2, -0.15) is 0 Å². The molecule has 31 heavy (non-hydrogen) atoms. The first-order valence-electron chi connectivity index (χ1n) is 10.2. The van der Waals surface area contributed by atoms with Gasteiger partial charge in [-0.05, 0) is 50.8 Å². The van der Waals surface area contributed by atoms with Crippen LogP contribution in [0.5, 0.6) is 0 Å². The van der Waals surface area contributed by atoms with E-state index in [2.05, 4.69) is 0 Å². The third-order valence-corrected chi connectivity index (χ3v) is 7.00. The van der Waals surface area contributed by atoms with Crippen LogP contribution in [0.15, 0.2) is 42.5 Å². The Bertz CT molecular complexity index is 1120. The Morgan fingerprint density at radius 3 is 2.65 bits per heavy atom. The monoisotopic (exact) mass is 456 g/mol. The van der Waals surface area contributed by atoms with Gasteiger partial charge in [0.15, 0.2) is 5.13 Å². The zero-order chi connectivity index (χ0) is 22.1. The summed E-state index contributed by atoms with van der Waals surface area (Å²) in [6.45, 7) is 3.53. The van der Waals surface area contributed by atoms with E-state index in [1.807, 2.05) is 68.4 Å². The number of anilines is 2. The number of thiazole rings is 1. The van der Waals surface area contributed by atoms with Gasteiger partial charge >= 0.3 is 0 Å². The number of para-hydroxylation sites is 1. The molecule has 1 aliphatic heterocycles. The van der Waals surface area contributed by atoms with E-state index < -0.39 is 5.92 Å². The highest BCUT2D eigenvalue weighted by Crippen LogP contribution is 2.35. The molecule has 0 bridgehead atoms. The van der Waals surface area contributed by atoms with Crippen LogP contribution in [0, 0.1) is 12.8 Å². The summed E-state index contributed by atoms with van der Waals surface area (Å²) < 4.78 is 0.993. The molecule has 0 radical (unpaired) electrons. The van der Waals surface area contributed by atoms with E-state index >= 15 is 0 Å². The first kappa shape index (κ1) is 21.7. The van der Waals surface area contributed by atoms with Crippen molar-refractivity contribution >= 4 is 55.8 Å². The van der Waals surface area contributed by atoms with Crippen molar-refractivity contribution in [1.29, 1.82) is 0 Å². The van der Waals surface area contributed by atoms with E-state index in [-0.39, 0.29) is 18.2 Å². The Kier molecular flexibility index (Phi) is 6.27. The van der Waals surface area contributed by atoms with Crippen LogP contribution in [0.4, 0.5) is 10.8 Å². The van der Waals surface area contributed by atoms with Gasteiger partial charge in [-0.15, -0.1) is 0 Å². The number of likely N-dealkylation sites (N-methyl/N-ethyl adjacent to an activating group) is 1. The zero-order valence-corrected chi connectivity index (χ0v) is 19.4. The van der Waals surface area contributed by atoms with Crippen LogP contribution in [0.2, 0.25) is 5.02 Å². The summed E-state index contributed by atoms with van der Waals surface area (Å²) in [4.78, 5) is 36.5. The van der Waals surface area contributed by atoms with Crippen molar-refractivity contribution in [2.24, 2.45) is 5.92 Å². The van der Waals surface area contributed by atoms with Crippen LogP contribution < -0.4 is 9.80 Å². The summed E-state index contributed by atoms with van der Waals surface area (Å²) in [5.41, 5.74) is 2.56. The summed E-state index contributed by atoms with van der Waals surface area (Å²) in [6.07, 6.45) is 0.210. The van der Waals surface area contributed by atoms with Gasteiger partial charge in [0, 0.05) is 36.8 Å². The lowest BCUT2D eigenvalue weighted by molar-refractivity contribution is -0.124. The SMILES string of the molecule is Cc1c(Cl)ccc2sc(N(CCN(C)C)C(=O)C3CC(=O)N(c4ccccc4)C3)nc12. The third-order valence-electron chi connectivity index (χ3n) is 5.55. The third kappa shape index (κ3) is 4.44. The molecular weight excluding hydrogens is 432 g/mol. The van der Waals surface area contributed by atoms with Gasteiger partial charge in [-0.3, -0.25) is 14.5 Å². The average molecular weight is 457 g/mol. The van der Waals surface area contributed by atoms with Gasteiger partial charge in [0.05, 0.1) is 16.1 Å². The average Bonchev–Trinajstić information content (AvgIpc) is 3.35. The van der Waals surface area contributed by atoms with Gasteiger partial charge in [0.1, 0.15) is 0 Å². The van der Waals surface area contributed by atoms with Gasteiger partial charge in [-0.1, -0.05) is 41.1 Å². The van der Waals surface area contributed by atoms with Crippen molar-refractivity contribution in [3.63, 3.8) is 0 Å². The van der Waals surface area contributed by atoms with Crippen molar-refractivity contribution in [3.05, 3.63) is 53.1 Å². The highest BCUT2D eigenvalue weighted by molar-refractivity contribution is 7.22. The van der Waals surface area contributed by atoms with Crippen molar-refractivity contribution in [2.45, 2.75) is 13.3 Å². The first-order chi connectivity index (χ1) is 14.8. The molecule has 1 aliphatic rings. The van der Waals surface area contributed by atoms with E-state index in [1.54, 1.807) is 9.80 Å². The number of rotatable bonds is 6. The Morgan fingerprint density at radius 1 is 1.19 bits per heavy atom. The molecule has 2 heterocycles. The van der Waals surface area contributed by atoms with Crippen LogP contribution in [-0.2, 0) is 9.59 Å². The molecule has 0 saturated carbocycles. The molecule has 1 saturated heterocycles. The predicted octanol–water partition coefficient (Wildman–Crippen LogP) is 4.21. The molecule has 1 fully saturated rings. The number of carbonyl (C=O) groups is 2. The summed E-state index contributed by atoms with van der Waals surface area (Å²) in [7, 11) is 3.95. The molecule has 1 aromatic heterocycles. The maximum atomic E-state index is 13.6. The Labute approximate surface area is 191 Å². The first-order valence-corrected chi connectivity index (χ1v) is 11.4. The predicted molar refractivity (Wildman–Crippen MR) is 127 cm³/mol. The van der Waals surface area contributed by atoms with E-state index in [9.17, 15) is 9.59 Å². The Morgan fingerprint density at radius 2 is 1.94 bits per heavy atom. The normalized spacial score (nSPS) is 16.5. The lowest BCUT2D eigenvalue weighted by atomic mass is 10.1. The number of halogens is 1. The van der Waals surface area contributed by atoms with E-state index in [1.165, 1.54) is 11.3 Å². The van der Waals surface area contributed by atoms with Gasteiger partial charge < -0.3 is 9.80 Å². The number of fused-ring (bicyclic) bond motifs is 1. The van der Waals surface area contributed by atoms with E-state index in [0.29, 0.717) is 29.8 Å². The molecule has 3 aromatic rings.